The van der Waals surface area contributed by atoms with Crippen molar-refractivity contribution in [1.29, 1.82) is 0 Å². The summed E-state index contributed by atoms with van der Waals surface area (Å²) in [7, 11) is 0. The molecule has 3 rings (SSSR count). The van der Waals surface area contributed by atoms with Crippen molar-refractivity contribution in [1.82, 2.24) is 4.98 Å². The summed E-state index contributed by atoms with van der Waals surface area (Å²) < 4.78 is 0. The van der Waals surface area contributed by atoms with E-state index in [4.69, 9.17) is 11.6 Å². The summed E-state index contributed by atoms with van der Waals surface area (Å²) in [6, 6.07) is 17.9. The lowest BCUT2D eigenvalue weighted by Crippen LogP contribution is -2.00. The average Bonchev–Trinajstić information content (AvgIpc) is 2.45. The van der Waals surface area contributed by atoms with Crippen LogP contribution in [0.3, 0.4) is 0 Å². The number of benzene rings is 2. The van der Waals surface area contributed by atoms with Gasteiger partial charge in [-0.2, -0.15) is 0 Å². The molecule has 0 saturated heterocycles. The Kier molecular flexibility index (Phi) is 3.34. The molecule has 0 bridgehead atoms. The number of halogens is 1. The van der Waals surface area contributed by atoms with Gasteiger partial charge in [0.2, 0.25) is 0 Å². The Hall–Kier alpha value is -2.06. The van der Waals surface area contributed by atoms with E-state index in [1.165, 1.54) is 10.9 Å². The van der Waals surface area contributed by atoms with E-state index in [9.17, 15) is 0 Å². The third kappa shape index (κ3) is 2.69. The van der Waals surface area contributed by atoms with Crippen LogP contribution in [0.5, 0.6) is 0 Å². The number of aromatic nitrogens is 1. The van der Waals surface area contributed by atoms with Gasteiger partial charge in [-0.3, -0.25) is 4.98 Å². The Bertz CT molecular complexity index is 704. The minimum absolute atomic E-state index is 0.740. The minimum Gasteiger partial charge on any atom is -0.381 e. The zero-order valence-electron chi connectivity index (χ0n) is 10.3. The lowest BCUT2D eigenvalue weighted by Gasteiger charge is -2.09. The quantitative estimate of drug-likeness (QED) is 0.756. The van der Waals surface area contributed by atoms with Gasteiger partial charge in [0.1, 0.15) is 0 Å². The first kappa shape index (κ1) is 12.0. The summed E-state index contributed by atoms with van der Waals surface area (Å²) in [5.41, 5.74) is 3.27. The van der Waals surface area contributed by atoms with E-state index in [0.717, 1.165) is 22.8 Å². The largest absolute Gasteiger partial charge is 0.381 e. The second-order valence-electron chi connectivity index (χ2n) is 4.35. The lowest BCUT2D eigenvalue weighted by molar-refractivity contribution is 1.16. The van der Waals surface area contributed by atoms with Gasteiger partial charge < -0.3 is 5.32 Å². The summed E-state index contributed by atoms with van der Waals surface area (Å²) in [4.78, 5) is 4.36. The minimum atomic E-state index is 0.740. The summed E-state index contributed by atoms with van der Waals surface area (Å²) >= 11 is 5.97. The number of para-hydroxylation sites is 1. The highest BCUT2D eigenvalue weighted by Crippen LogP contribution is 2.19. The Morgan fingerprint density at radius 2 is 1.89 bits per heavy atom. The van der Waals surface area contributed by atoms with Crippen LogP contribution in [-0.4, -0.2) is 4.98 Å². The Morgan fingerprint density at radius 1 is 1.00 bits per heavy atom. The van der Waals surface area contributed by atoms with Crippen molar-refractivity contribution in [2.45, 2.75) is 6.54 Å². The van der Waals surface area contributed by atoms with Crippen molar-refractivity contribution < 1.29 is 0 Å². The van der Waals surface area contributed by atoms with E-state index in [1.807, 2.05) is 54.7 Å². The molecule has 0 radical (unpaired) electrons. The molecule has 1 aromatic heterocycles. The van der Waals surface area contributed by atoms with Gasteiger partial charge in [0.25, 0.3) is 0 Å². The number of nitrogens with zero attached hydrogens (tertiary/aromatic N) is 1. The fourth-order valence-corrected chi connectivity index (χ4v) is 2.30. The summed E-state index contributed by atoms with van der Waals surface area (Å²) in [6.45, 7) is 0.753. The smallest absolute Gasteiger partial charge is 0.0705 e. The van der Waals surface area contributed by atoms with Crippen molar-refractivity contribution in [3.8, 4) is 0 Å². The normalized spacial score (nSPS) is 10.6. The predicted molar refractivity (Wildman–Crippen MR) is 80.5 cm³/mol. The number of nitrogens with one attached hydrogen (secondary N) is 1. The van der Waals surface area contributed by atoms with Crippen LogP contribution in [-0.2, 0) is 6.54 Å². The maximum Gasteiger partial charge on any atom is 0.0705 e. The zero-order chi connectivity index (χ0) is 13.1. The molecule has 2 nitrogen and oxygen atoms in total. The molecule has 0 unspecified atom stereocenters. The number of anilines is 1. The number of rotatable bonds is 3. The van der Waals surface area contributed by atoms with Gasteiger partial charge in [-0.1, -0.05) is 35.9 Å². The molecule has 0 aliphatic heterocycles. The molecule has 1 heterocycles. The monoisotopic (exact) mass is 268 g/mol. The molecule has 1 N–H and O–H groups in total. The van der Waals surface area contributed by atoms with Crippen LogP contribution in [0.1, 0.15) is 5.56 Å². The number of fused-ring (bicyclic) bond motifs is 1. The molecule has 3 aromatic rings. The maximum absolute atomic E-state index is 5.97. The Balaban J connectivity index is 1.86. The van der Waals surface area contributed by atoms with Crippen molar-refractivity contribution in [3.63, 3.8) is 0 Å². The summed E-state index contributed by atoms with van der Waals surface area (Å²) in [5.74, 6) is 0. The van der Waals surface area contributed by atoms with Crippen LogP contribution in [0.4, 0.5) is 5.69 Å². The van der Waals surface area contributed by atoms with Crippen LogP contribution < -0.4 is 5.32 Å². The Morgan fingerprint density at radius 3 is 2.79 bits per heavy atom. The van der Waals surface area contributed by atoms with Gasteiger partial charge in [0.05, 0.1) is 5.52 Å². The standard InChI is InChI=1S/C16H13ClN2/c17-13-4-3-5-14(10-13)19-11-12-8-9-18-16-7-2-1-6-15(12)16/h1-10,19H,11H2. The third-order valence-electron chi connectivity index (χ3n) is 3.05. The van der Waals surface area contributed by atoms with E-state index in [0.29, 0.717) is 0 Å². The molecule has 0 atom stereocenters. The molecule has 2 aromatic carbocycles. The molecule has 0 saturated carbocycles. The zero-order valence-corrected chi connectivity index (χ0v) is 11.1. The molecule has 0 aliphatic rings. The number of hydrogen-bond donors (Lipinski definition) is 1. The lowest BCUT2D eigenvalue weighted by atomic mass is 10.1. The molecular weight excluding hydrogens is 256 g/mol. The van der Waals surface area contributed by atoms with Gasteiger partial charge in [-0.25, -0.2) is 0 Å². The highest BCUT2D eigenvalue weighted by atomic mass is 35.5. The van der Waals surface area contributed by atoms with E-state index in [2.05, 4.69) is 16.4 Å². The average molecular weight is 269 g/mol. The highest BCUT2D eigenvalue weighted by Gasteiger charge is 2.01. The van der Waals surface area contributed by atoms with E-state index in [1.54, 1.807) is 0 Å². The Labute approximate surface area is 117 Å². The van der Waals surface area contributed by atoms with Crippen molar-refractivity contribution in [3.05, 3.63) is 71.4 Å². The van der Waals surface area contributed by atoms with Gasteiger partial charge >= 0.3 is 0 Å². The molecule has 0 spiro atoms. The van der Waals surface area contributed by atoms with Gasteiger partial charge in [-0.05, 0) is 35.9 Å². The highest BCUT2D eigenvalue weighted by molar-refractivity contribution is 6.30. The molecule has 19 heavy (non-hydrogen) atoms. The number of pyridine rings is 1. The molecule has 3 heteroatoms. The molecule has 0 fully saturated rings. The first-order chi connectivity index (χ1) is 9.33. The molecule has 0 amide bonds. The fraction of sp³-hybridized carbons (Fsp3) is 0.0625. The molecule has 0 aliphatic carbocycles. The van der Waals surface area contributed by atoms with Gasteiger partial charge in [-0.15, -0.1) is 0 Å². The van der Waals surface area contributed by atoms with E-state index in [-0.39, 0.29) is 0 Å². The second kappa shape index (κ2) is 5.29. The van der Waals surface area contributed by atoms with Crippen LogP contribution in [0.15, 0.2) is 60.8 Å². The second-order valence-corrected chi connectivity index (χ2v) is 4.79. The topological polar surface area (TPSA) is 24.9 Å². The van der Waals surface area contributed by atoms with Gasteiger partial charge in [0, 0.05) is 28.8 Å². The molecular formula is C16H13ClN2. The third-order valence-corrected chi connectivity index (χ3v) is 3.28. The first-order valence-electron chi connectivity index (χ1n) is 6.15. The fourth-order valence-electron chi connectivity index (χ4n) is 2.10. The van der Waals surface area contributed by atoms with Crippen molar-refractivity contribution in [2.24, 2.45) is 0 Å². The van der Waals surface area contributed by atoms with Crippen LogP contribution in [0.2, 0.25) is 5.02 Å². The van der Waals surface area contributed by atoms with Crippen LogP contribution in [0, 0.1) is 0 Å². The van der Waals surface area contributed by atoms with E-state index < -0.39 is 0 Å². The van der Waals surface area contributed by atoms with Crippen LogP contribution in [0.25, 0.3) is 10.9 Å². The van der Waals surface area contributed by atoms with E-state index >= 15 is 0 Å². The predicted octanol–water partition coefficient (Wildman–Crippen LogP) is 4.50. The SMILES string of the molecule is Clc1cccc(NCc2ccnc3ccccc23)c1. The van der Waals surface area contributed by atoms with Gasteiger partial charge in [0.15, 0.2) is 0 Å². The van der Waals surface area contributed by atoms with Crippen molar-refractivity contribution in [2.75, 3.05) is 5.32 Å². The first-order valence-corrected chi connectivity index (χ1v) is 6.53. The van der Waals surface area contributed by atoms with Crippen molar-refractivity contribution >= 4 is 28.2 Å². The summed E-state index contributed by atoms with van der Waals surface area (Å²) in [6.07, 6.45) is 1.84. The number of hydrogen-bond acceptors (Lipinski definition) is 2. The summed E-state index contributed by atoms with van der Waals surface area (Å²) in [5, 5.41) is 5.30. The molecule has 94 valence electrons. The maximum atomic E-state index is 5.97. The van der Waals surface area contributed by atoms with Crippen LogP contribution >= 0.6 is 11.6 Å².